The molecule has 1 aromatic carbocycles. The molecule has 5 nitrogen and oxygen atoms in total. The summed E-state index contributed by atoms with van der Waals surface area (Å²) in [4.78, 5) is 13.7. The topological polar surface area (TPSA) is 63.7 Å². The summed E-state index contributed by atoms with van der Waals surface area (Å²) in [6.45, 7) is 0. The van der Waals surface area contributed by atoms with Gasteiger partial charge in [-0.2, -0.15) is 0 Å². The van der Waals surface area contributed by atoms with Crippen LogP contribution in [-0.4, -0.2) is 39.0 Å². The fourth-order valence-corrected chi connectivity index (χ4v) is 5.10. The van der Waals surface area contributed by atoms with Gasteiger partial charge in [0.15, 0.2) is 9.84 Å². The van der Waals surface area contributed by atoms with Gasteiger partial charge >= 0.3 is 0 Å². The molecule has 0 N–H and O–H groups in total. The number of fused-ring (bicyclic) bond motifs is 1. The molecule has 102 valence electrons. The summed E-state index contributed by atoms with van der Waals surface area (Å²) < 4.78 is 28.7. The molecule has 0 unspecified atom stereocenters. The standard InChI is InChI=1S/C13H15NO4S/c1-18-12-5-3-2-4-10(12)14-11-8-19(16,17)7-9(11)6-13(14)15/h2-5,9,11H,6-8H2,1H3/t9-,11-/m1/s1. The molecule has 2 fully saturated rings. The predicted octanol–water partition coefficient (Wildman–Crippen LogP) is 0.845. The number of ether oxygens (including phenoxy) is 1. The summed E-state index contributed by atoms with van der Waals surface area (Å²) in [6.07, 6.45) is 0.307. The van der Waals surface area contributed by atoms with E-state index in [1.54, 1.807) is 24.1 Å². The summed E-state index contributed by atoms with van der Waals surface area (Å²) in [5.41, 5.74) is 0.666. The Hall–Kier alpha value is -1.56. The minimum atomic E-state index is -3.02. The van der Waals surface area contributed by atoms with Crippen molar-refractivity contribution in [2.45, 2.75) is 12.5 Å². The van der Waals surface area contributed by atoms with Crippen molar-refractivity contribution < 1.29 is 17.9 Å². The van der Waals surface area contributed by atoms with Crippen LogP contribution in [0.4, 0.5) is 5.69 Å². The lowest BCUT2D eigenvalue weighted by Crippen LogP contribution is -2.36. The third kappa shape index (κ3) is 2.00. The molecule has 2 heterocycles. The number of rotatable bonds is 2. The first-order valence-electron chi connectivity index (χ1n) is 6.17. The molecule has 3 rings (SSSR count). The van der Waals surface area contributed by atoms with Crippen LogP contribution in [0.2, 0.25) is 0 Å². The first-order chi connectivity index (χ1) is 9.02. The second-order valence-electron chi connectivity index (χ2n) is 5.04. The first kappa shape index (κ1) is 12.5. The van der Waals surface area contributed by atoms with Gasteiger partial charge < -0.3 is 9.64 Å². The lowest BCUT2D eigenvalue weighted by Gasteiger charge is -2.24. The number of hydrogen-bond acceptors (Lipinski definition) is 4. The Morgan fingerprint density at radius 3 is 2.74 bits per heavy atom. The average molecular weight is 281 g/mol. The second-order valence-corrected chi connectivity index (χ2v) is 7.20. The Morgan fingerprint density at radius 1 is 1.26 bits per heavy atom. The van der Waals surface area contributed by atoms with Crippen molar-refractivity contribution in [3.8, 4) is 5.75 Å². The van der Waals surface area contributed by atoms with Crippen LogP contribution in [0.5, 0.6) is 5.75 Å². The van der Waals surface area contributed by atoms with Crippen LogP contribution in [-0.2, 0) is 14.6 Å². The van der Waals surface area contributed by atoms with Crippen molar-refractivity contribution in [2.75, 3.05) is 23.5 Å². The zero-order valence-corrected chi connectivity index (χ0v) is 11.4. The minimum Gasteiger partial charge on any atom is -0.495 e. The van der Waals surface area contributed by atoms with Gasteiger partial charge in [-0.15, -0.1) is 0 Å². The second kappa shape index (κ2) is 4.23. The Labute approximate surface area is 112 Å². The molecule has 19 heavy (non-hydrogen) atoms. The van der Waals surface area contributed by atoms with Crippen LogP contribution in [0.25, 0.3) is 0 Å². The van der Waals surface area contributed by atoms with Crippen molar-refractivity contribution in [3.05, 3.63) is 24.3 Å². The smallest absolute Gasteiger partial charge is 0.227 e. The molecule has 6 heteroatoms. The Morgan fingerprint density at radius 2 is 2.00 bits per heavy atom. The molecule has 2 atom stereocenters. The zero-order chi connectivity index (χ0) is 13.6. The van der Waals surface area contributed by atoms with Crippen molar-refractivity contribution in [2.24, 2.45) is 5.92 Å². The normalized spacial score (nSPS) is 28.5. The number of benzene rings is 1. The van der Waals surface area contributed by atoms with Gasteiger partial charge in [0.1, 0.15) is 5.75 Å². The number of hydrogen-bond donors (Lipinski definition) is 0. The Bertz CT molecular complexity index is 625. The van der Waals surface area contributed by atoms with Gasteiger partial charge in [0.05, 0.1) is 30.3 Å². The summed E-state index contributed by atoms with van der Waals surface area (Å²) in [5.74, 6) is 0.675. The summed E-state index contributed by atoms with van der Waals surface area (Å²) in [5, 5.41) is 0. The van der Waals surface area contributed by atoms with E-state index in [1.807, 2.05) is 12.1 Å². The average Bonchev–Trinajstić information content (AvgIpc) is 2.79. The summed E-state index contributed by atoms with van der Waals surface area (Å²) in [6, 6.07) is 6.98. The molecular weight excluding hydrogens is 266 g/mol. The number of methoxy groups -OCH3 is 1. The number of amides is 1. The maximum absolute atomic E-state index is 12.1. The first-order valence-corrected chi connectivity index (χ1v) is 7.99. The molecule has 0 saturated carbocycles. The van der Waals surface area contributed by atoms with Crippen molar-refractivity contribution >= 4 is 21.4 Å². The molecule has 1 aromatic rings. The van der Waals surface area contributed by atoms with Crippen molar-refractivity contribution in [1.29, 1.82) is 0 Å². The molecule has 2 aliphatic rings. The van der Waals surface area contributed by atoms with E-state index in [4.69, 9.17) is 4.74 Å². The SMILES string of the molecule is COc1ccccc1N1C(=O)C[C@@H]2CS(=O)(=O)C[C@H]21. The van der Waals surface area contributed by atoms with E-state index in [1.165, 1.54) is 0 Å². The highest BCUT2D eigenvalue weighted by Crippen LogP contribution is 2.40. The number of carbonyl (C=O) groups excluding carboxylic acids is 1. The molecule has 0 aromatic heterocycles. The van der Waals surface area contributed by atoms with Crippen LogP contribution in [0.1, 0.15) is 6.42 Å². The maximum atomic E-state index is 12.1. The minimum absolute atomic E-state index is 0.0191. The van der Waals surface area contributed by atoms with Gasteiger partial charge in [0, 0.05) is 12.3 Å². The quantitative estimate of drug-likeness (QED) is 0.806. The van der Waals surface area contributed by atoms with Crippen molar-refractivity contribution in [1.82, 2.24) is 0 Å². The highest BCUT2D eigenvalue weighted by molar-refractivity contribution is 7.91. The van der Waals surface area contributed by atoms with Gasteiger partial charge in [-0.25, -0.2) is 8.42 Å². The van der Waals surface area contributed by atoms with E-state index in [-0.39, 0.29) is 29.4 Å². The summed E-state index contributed by atoms with van der Waals surface area (Å²) >= 11 is 0. The number of nitrogens with zero attached hydrogens (tertiary/aromatic N) is 1. The fourth-order valence-electron chi connectivity index (χ4n) is 3.03. The van der Waals surface area contributed by atoms with E-state index < -0.39 is 9.84 Å². The Kier molecular flexibility index (Phi) is 2.78. The fraction of sp³-hybridized carbons (Fsp3) is 0.462. The van der Waals surface area contributed by atoms with Crippen LogP contribution < -0.4 is 9.64 Å². The van der Waals surface area contributed by atoms with E-state index in [0.29, 0.717) is 17.9 Å². The Balaban J connectivity index is 2.02. The number of carbonyl (C=O) groups is 1. The molecular formula is C13H15NO4S. The van der Waals surface area contributed by atoms with E-state index in [2.05, 4.69) is 0 Å². The molecule has 0 radical (unpaired) electrons. The lowest BCUT2D eigenvalue weighted by molar-refractivity contribution is -0.117. The molecule has 0 aliphatic carbocycles. The van der Waals surface area contributed by atoms with E-state index in [9.17, 15) is 13.2 Å². The summed E-state index contributed by atoms with van der Waals surface area (Å²) in [7, 11) is -1.48. The molecule has 0 spiro atoms. The highest BCUT2D eigenvalue weighted by Gasteiger charge is 2.49. The van der Waals surface area contributed by atoms with Crippen molar-refractivity contribution in [3.63, 3.8) is 0 Å². The van der Waals surface area contributed by atoms with Crippen LogP contribution >= 0.6 is 0 Å². The maximum Gasteiger partial charge on any atom is 0.227 e. The lowest BCUT2D eigenvalue weighted by atomic mass is 10.0. The molecule has 0 bridgehead atoms. The molecule has 1 amide bonds. The third-order valence-corrected chi connectivity index (χ3v) is 5.60. The van der Waals surface area contributed by atoms with Crippen LogP contribution in [0, 0.1) is 5.92 Å². The van der Waals surface area contributed by atoms with Gasteiger partial charge in [-0.3, -0.25) is 4.79 Å². The predicted molar refractivity (Wildman–Crippen MR) is 71.0 cm³/mol. The number of anilines is 1. The molecule has 2 aliphatic heterocycles. The highest BCUT2D eigenvalue weighted by atomic mass is 32.2. The van der Waals surface area contributed by atoms with Crippen LogP contribution in [0.15, 0.2) is 24.3 Å². The zero-order valence-electron chi connectivity index (χ0n) is 10.6. The third-order valence-electron chi connectivity index (χ3n) is 3.82. The van der Waals surface area contributed by atoms with Gasteiger partial charge in [-0.1, -0.05) is 12.1 Å². The van der Waals surface area contributed by atoms with Gasteiger partial charge in [0.2, 0.25) is 5.91 Å². The molecule has 2 saturated heterocycles. The number of para-hydroxylation sites is 2. The number of sulfone groups is 1. The van der Waals surface area contributed by atoms with E-state index >= 15 is 0 Å². The van der Waals surface area contributed by atoms with Gasteiger partial charge in [-0.05, 0) is 12.1 Å². The van der Waals surface area contributed by atoms with Crippen LogP contribution in [0.3, 0.4) is 0 Å². The van der Waals surface area contributed by atoms with E-state index in [0.717, 1.165) is 0 Å². The van der Waals surface area contributed by atoms with Gasteiger partial charge in [0.25, 0.3) is 0 Å². The monoisotopic (exact) mass is 281 g/mol. The largest absolute Gasteiger partial charge is 0.495 e.